The van der Waals surface area contributed by atoms with Crippen molar-refractivity contribution in [2.75, 3.05) is 32.7 Å². The Morgan fingerprint density at radius 3 is 1.77 bits per heavy atom. The van der Waals surface area contributed by atoms with Gasteiger partial charge in [-0.1, -0.05) is 67.8 Å². The summed E-state index contributed by atoms with van der Waals surface area (Å²) in [5.41, 5.74) is 25.8. The van der Waals surface area contributed by atoms with Crippen LogP contribution < -0.4 is 22.5 Å². The lowest BCUT2D eigenvalue weighted by Gasteiger charge is -2.48. The molecular formula is C36H58N6O2. The number of benzene rings is 2. The number of nitrogens with zero attached hydrogens (tertiary/aromatic N) is 2. The third-order valence-electron chi connectivity index (χ3n) is 8.98. The summed E-state index contributed by atoms with van der Waals surface area (Å²) in [4.78, 5) is 32.1. The Balaban J connectivity index is 1.82. The molecule has 1 aliphatic rings. The van der Waals surface area contributed by atoms with E-state index in [0.717, 1.165) is 61.0 Å². The van der Waals surface area contributed by atoms with Gasteiger partial charge < -0.3 is 32.3 Å². The third kappa shape index (κ3) is 10.1. The van der Waals surface area contributed by atoms with Crippen molar-refractivity contribution >= 4 is 11.8 Å². The molecule has 0 bridgehead atoms. The molecule has 8 nitrogen and oxygen atoms in total. The molecule has 1 aliphatic heterocycles. The van der Waals surface area contributed by atoms with Crippen LogP contribution in [0.3, 0.4) is 0 Å². The van der Waals surface area contributed by atoms with Gasteiger partial charge in [-0.25, -0.2) is 0 Å². The van der Waals surface area contributed by atoms with Crippen LogP contribution in [0.1, 0.15) is 72.9 Å². The first-order chi connectivity index (χ1) is 20.9. The minimum absolute atomic E-state index is 0.0306. The number of nitrogens with two attached hydrogens (primary N) is 3. The zero-order valence-corrected chi connectivity index (χ0v) is 28.1. The first-order valence-corrected chi connectivity index (χ1v) is 16.6. The zero-order chi connectivity index (χ0) is 32.4. The van der Waals surface area contributed by atoms with Gasteiger partial charge in [-0.2, -0.15) is 0 Å². The number of carbonyl (C=O) groups is 2. The van der Waals surface area contributed by atoms with Gasteiger partial charge in [0, 0.05) is 38.3 Å². The molecule has 0 saturated carbocycles. The molecule has 2 aromatic carbocycles. The van der Waals surface area contributed by atoms with Gasteiger partial charge in [0.05, 0.1) is 12.1 Å². The average Bonchev–Trinajstić information content (AvgIpc) is 2.97. The number of nitrogens with one attached hydrogen (secondary N) is 1. The molecule has 44 heavy (non-hydrogen) atoms. The van der Waals surface area contributed by atoms with E-state index in [2.05, 4.69) is 83.3 Å². The predicted octanol–water partition coefficient (Wildman–Crippen LogP) is 3.53. The molecule has 2 amide bonds. The van der Waals surface area contributed by atoms with Crippen molar-refractivity contribution in [2.45, 2.75) is 104 Å². The monoisotopic (exact) mass is 606 g/mol. The van der Waals surface area contributed by atoms with Crippen LogP contribution in [0.25, 0.3) is 0 Å². The largest absolute Gasteiger partial charge is 0.335 e. The quantitative estimate of drug-likeness (QED) is 0.230. The molecule has 2 aromatic rings. The van der Waals surface area contributed by atoms with Crippen LogP contribution in [0.2, 0.25) is 0 Å². The fourth-order valence-electron chi connectivity index (χ4n) is 6.56. The molecule has 1 fully saturated rings. The van der Waals surface area contributed by atoms with Gasteiger partial charge >= 0.3 is 0 Å². The van der Waals surface area contributed by atoms with Crippen molar-refractivity contribution < 1.29 is 9.59 Å². The van der Waals surface area contributed by atoms with Crippen molar-refractivity contribution in [1.82, 2.24) is 15.1 Å². The van der Waals surface area contributed by atoms with E-state index in [9.17, 15) is 9.59 Å². The topological polar surface area (TPSA) is 131 Å². The molecule has 0 unspecified atom stereocenters. The van der Waals surface area contributed by atoms with Crippen LogP contribution >= 0.6 is 0 Å². The Labute approximate surface area is 266 Å². The molecule has 8 heteroatoms. The van der Waals surface area contributed by atoms with Crippen molar-refractivity contribution in [2.24, 2.45) is 23.1 Å². The normalized spacial score (nSPS) is 18.5. The molecule has 0 spiro atoms. The Hall–Kier alpha value is -2.78. The minimum atomic E-state index is -0.640. The van der Waals surface area contributed by atoms with E-state index < -0.39 is 12.1 Å². The second-order valence-electron chi connectivity index (χ2n) is 13.4. The summed E-state index contributed by atoms with van der Waals surface area (Å²) in [5.74, 6) is 0.297. The average molecular weight is 607 g/mol. The van der Waals surface area contributed by atoms with Crippen molar-refractivity contribution in [3.05, 3.63) is 69.8 Å². The number of carbonyl (C=O) groups excluding carboxylic acids is 2. The smallest absolute Gasteiger partial charge is 0.240 e. The van der Waals surface area contributed by atoms with Gasteiger partial charge in [-0.05, 0) is 94.5 Å². The number of hydrogen-bond donors (Lipinski definition) is 4. The van der Waals surface area contributed by atoms with E-state index in [-0.39, 0.29) is 23.9 Å². The highest BCUT2D eigenvalue weighted by molar-refractivity contribution is 5.85. The zero-order valence-electron chi connectivity index (χ0n) is 28.1. The van der Waals surface area contributed by atoms with Gasteiger partial charge in [0.25, 0.3) is 0 Å². The van der Waals surface area contributed by atoms with Crippen LogP contribution in [0.4, 0.5) is 0 Å². The highest BCUT2D eigenvalue weighted by Gasteiger charge is 2.41. The molecule has 244 valence electrons. The lowest BCUT2D eigenvalue weighted by molar-refractivity contribution is -0.149. The third-order valence-corrected chi connectivity index (χ3v) is 8.98. The first kappa shape index (κ1) is 35.7. The number of unbranched alkanes of at least 4 members (excludes halogenated alkanes) is 1. The molecule has 0 radical (unpaired) electrons. The van der Waals surface area contributed by atoms with Crippen LogP contribution in [0, 0.1) is 33.6 Å². The van der Waals surface area contributed by atoms with Crippen molar-refractivity contribution in [3.8, 4) is 0 Å². The summed E-state index contributed by atoms with van der Waals surface area (Å²) >= 11 is 0. The number of piperazine rings is 1. The van der Waals surface area contributed by atoms with Gasteiger partial charge in [0.2, 0.25) is 11.8 Å². The summed E-state index contributed by atoms with van der Waals surface area (Å²) in [5, 5.41) is 3.36. The standard InChI is InChI=1S/C36H58N6O2/c1-24(2)17-32-23-41(35(43)33(38)20-29-12-10-25(3)18-27(29)5)31(9-7-8-15-40-16-14-37)22-42(32)36(44)34(39)21-30-13-11-26(4)19-28(30)6/h10-13,18-19,24,31-34,40H,7-9,14-17,20-23,37-39H2,1-6H3/t31-,32+,33-,34+/m0/s1. The van der Waals surface area contributed by atoms with Crippen molar-refractivity contribution in [3.63, 3.8) is 0 Å². The molecule has 1 saturated heterocycles. The van der Waals surface area contributed by atoms with Gasteiger partial charge in [0.15, 0.2) is 0 Å². The first-order valence-electron chi connectivity index (χ1n) is 16.6. The van der Waals surface area contributed by atoms with Crippen LogP contribution in [0.5, 0.6) is 0 Å². The number of aryl methyl sites for hydroxylation is 4. The maximum Gasteiger partial charge on any atom is 0.240 e. The molecule has 0 aliphatic carbocycles. The maximum atomic E-state index is 14.1. The minimum Gasteiger partial charge on any atom is -0.335 e. The predicted molar refractivity (Wildman–Crippen MR) is 181 cm³/mol. The summed E-state index contributed by atoms with van der Waals surface area (Å²) in [7, 11) is 0. The fraction of sp³-hybridized carbons (Fsp3) is 0.611. The Morgan fingerprint density at radius 1 is 0.795 bits per heavy atom. The second-order valence-corrected chi connectivity index (χ2v) is 13.4. The molecule has 3 rings (SSSR count). The number of rotatable bonds is 15. The summed E-state index contributed by atoms with van der Waals surface area (Å²) in [6.07, 6.45) is 4.50. The van der Waals surface area contributed by atoms with Crippen LogP contribution in [-0.2, 0) is 22.4 Å². The fourth-order valence-corrected chi connectivity index (χ4v) is 6.56. The van der Waals surface area contributed by atoms with E-state index in [4.69, 9.17) is 17.2 Å². The SMILES string of the molecule is Cc1ccc(C[C@@H](N)C(=O)N2C[C@H](CCCCNCCN)N(C(=O)[C@@H](N)Cc3ccc(C)cc3C)C[C@H]2CC(C)C)c(C)c1. The number of hydrogen-bond acceptors (Lipinski definition) is 6. The molecular weight excluding hydrogens is 548 g/mol. The lowest BCUT2D eigenvalue weighted by atomic mass is 9.92. The van der Waals surface area contributed by atoms with E-state index in [0.29, 0.717) is 38.4 Å². The maximum absolute atomic E-state index is 14.1. The van der Waals surface area contributed by atoms with Gasteiger partial charge in [0.1, 0.15) is 0 Å². The van der Waals surface area contributed by atoms with Crippen molar-refractivity contribution in [1.29, 1.82) is 0 Å². The summed E-state index contributed by atoms with van der Waals surface area (Å²) in [6.45, 7) is 15.9. The van der Waals surface area contributed by atoms with E-state index in [1.807, 2.05) is 9.80 Å². The van der Waals surface area contributed by atoms with Crippen LogP contribution in [0.15, 0.2) is 36.4 Å². The van der Waals surface area contributed by atoms with Crippen LogP contribution in [-0.4, -0.2) is 78.5 Å². The van der Waals surface area contributed by atoms with E-state index in [1.54, 1.807) is 0 Å². The number of amides is 2. The summed E-state index contributed by atoms with van der Waals surface area (Å²) < 4.78 is 0. The molecule has 0 aromatic heterocycles. The second kappa shape index (κ2) is 17.1. The van der Waals surface area contributed by atoms with Gasteiger partial charge in [-0.3, -0.25) is 9.59 Å². The molecule has 1 heterocycles. The van der Waals surface area contributed by atoms with E-state index in [1.165, 1.54) is 11.1 Å². The molecule has 4 atom stereocenters. The lowest BCUT2D eigenvalue weighted by Crippen LogP contribution is -2.65. The molecule has 7 N–H and O–H groups in total. The Morgan fingerprint density at radius 2 is 1.30 bits per heavy atom. The van der Waals surface area contributed by atoms with E-state index >= 15 is 0 Å². The Bertz CT molecular complexity index is 1230. The highest BCUT2D eigenvalue weighted by Crippen LogP contribution is 2.26. The van der Waals surface area contributed by atoms with Gasteiger partial charge in [-0.15, -0.1) is 0 Å². The Kier molecular flexibility index (Phi) is 13.8. The highest BCUT2D eigenvalue weighted by atomic mass is 16.2. The summed E-state index contributed by atoms with van der Waals surface area (Å²) in [6, 6.07) is 11.1.